The minimum atomic E-state index is -6.03. The van der Waals surface area contributed by atoms with Gasteiger partial charge in [-0.2, -0.15) is 13.6 Å². The molecule has 2 aliphatic rings. The summed E-state index contributed by atoms with van der Waals surface area (Å²) in [6.45, 7) is -2.05. The summed E-state index contributed by atoms with van der Waals surface area (Å²) < 4.78 is 70.1. The Labute approximate surface area is 321 Å². The normalized spacial score (nSPS) is 28.1. The molecule has 0 radical (unpaired) electrons. The SMILES string of the molecule is Nc1nc2c(ncn2[C@@H]2O[C@H](COP(=O)(O)OP(=O)(O)OP(=O)(O)OC[C@H]3O[C@@H]([n+]4cn(Cc5ccccc5)c5c(=O)[nH]c(N)nc54)[C@H](O)[C@@H]3O)[C@@H](O)[C@H]2O)c(=O)[nH]1. The fourth-order valence-corrected chi connectivity index (χ4v) is 9.76. The van der Waals surface area contributed by atoms with Gasteiger partial charge < -0.3 is 56.0 Å². The number of aliphatic hydroxyl groups is 4. The van der Waals surface area contributed by atoms with Crippen molar-refractivity contribution < 1.29 is 80.5 Å². The van der Waals surface area contributed by atoms with E-state index in [0.717, 1.165) is 16.5 Å². The van der Waals surface area contributed by atoms with Gasteiger partial charge in [-0.1, -0.05) is 35.3 Å². The van der Waals surface area contributed by atoms with Crippen molar-refractivity contribution in [2.45, 2.75) is 55.6 Å². The summed E-state index contributed by atoms with van der Waals surface area (Å²) in [5.74, 6) is -0.599. The average molecular weight is 880 g/mol. The third-order valence-electron chi connectivity index (χ3n) is 8.78. The topological polar surface area (TPSA) is 418 Å². The van der Waals surface area contributed by atoms with Gasteiger partial charge in [-0.15, -0.1) is 0 Å². The van der Waals surface area contributed by atoms with Crippen LogP contribution in [0, 0.1) is 0 Å². The van der Waals surface area contributed by atoms with Crippen LogP contribution >= 0.6 is 23.5 Å². The van der Waals surface area contributed by atoms with Gasteiger partial charge >= 0.3 is 29.1 Å². The Morgan fingerprint density at radius 3 is 2.03 bits per heavy atom. The number of phosphoric acid groups is 3. The Kier molecular flexibility index (Phi) is 11.3. The van der Waals surface area contributed by atoms with Crippen LogP contribution in [-0.4, -0.2) is 119 Å². The molecule has 0 spiro atoms. The Hall–Kier alpha value is -4.31. The van der Waals surface area contributed by atoms with Crippen molar-refractivity contribution in [3.63, 3.8) is 0 Å². The highest BCUT2D eigenvalue weighted by Crippen LogP contribution is 2.67. The third kappa shape index (κ3) is 8.54. The molecule has 2 saturated heterocycles. The lowest BCUT2D eigenvalue weighted by atomic mass is 10.1. The van der Waals surface area contributed by atoms with Gasteiger partial charge in [-0.3, -0.25) is 37.7 Å². The number of phosphoric ester groups is 2. The molecule has 2 aliphatic heterocycles. The molecule has 31 heteroatoms. The molecule has 0 bridgehead atoms. The zero-order valence-corrected chi connectivity index (χ0v) is 31.8. The second-order valence-electron chi connectivity index (χ2n) is 12.8. The van der Waals surface area contributed by atoms with Crippen LogP contribution in [0.3, 0.4) is 0 Å². The predicted molar refractivity (Wildman–Crippen MR) is 188 cm³/mol. The van der Waals surface area contributed by atoms with Crippen LogP contribution in [0.4, 0.5) is 11.9 Å². The van der Waals surface area contributed by atoms with Gasteiger partial charge in [0, 0.05) is 0 Å². The lowest BCUT2D eigenvalue weighted by Gasteiger charge is -2.21. The Morgan fingerprint density at radius 2 is 1.38 bits per heavy atom. The molecule has 0 amide bonds. The number of fused-ring (bicyclic) bond motifs is 2. The number of nitrogen functional groups attached to an aromatic ring is 2. The van der Waals surface area contributed by atoms with Gasteiger partial charge in [-0.25, -0.2) is 23.2 Å². The molecule has 11 atom stereocenters. The fraction of sp³-hybridized carbons (Fsp3) is 0.407. The molecule has 0 saturated carbocycles. The van der Waals surface area contributed by atoms with E-state index in [0.29, 0.717) is 0 Å². The number of ether oxygens (including phenoxy) is 2. The van der Waals surface area contributed by atoms with Crippen molar-refractivity contribution in [1.29, 1.82) is 0 Å². The predicted octanol–water partition coefficient (Wildman–Crippen LogP) is -3.04. The average Bonchev–Trinajstić information content (AvgIpc) is 3.86. The number of rotatable bonds is 14. The second kappa shape index (κ2) is 15.7. The number of aromatic nitrogens is 8. The second-order valence-corrected chi connectivity index (χ2v) is 17.4. The van der Waals surface area contributed by atoms with Crippen molar-refractivity contribution >= 4 is 57.7 Å². The molecular weight excluding hydrogens is 845 g/mol. The molecule has 2 fully saturated rings. The molecule has 314 valence electrons. The number of hydrogen-bond acceptors (Lipinski definition) is 20. The molecule has 1 aromatic carbocycles. The van der Waals surface area contributed by atoms with Gasteiger partial charge in [0.2, 0.25) is 17.7 Å². The first-order chi connectivity index (χ1) is 27.2. The maximum atomic E-state index is 12.9. The Bertz CT molecular complexity index is 2610. The highest BCUT2D eigenvalue weighted by Gasteiger charge is 2.50. The van der Waals surface area contributed by atoms with Crippen LogP contribution in [0.25, 0.3) is 22.3 Å². The standard InChI is InChI=1S/C27H33N10O18P3/c28-26-31-20-14(22(42)33-26)30-9-36(20)24-18(40)16(38)12(52-24)7-50-56(44,45)54-58(48,49)55-57(46,47)51-8-13-17(39)19(41)25(53-13)37-10-35(6-11-4-2-1-3-5-11)15-21(37)32-27(29)34-23(15)43/h1-5,9-10,12-13,16-19,24-25,38-41H,6-8H2,(H8-,28,29,31,32,33,34,42,43,44,45,46,47,48,49)/p+1/t12-,13-,16-,17-,18-,19-,24-,25-/m1/s1. The molecule has 28 nitrogen and oxygen atoms in total. The maximum Gasteiger partial charge on any atom is 0.490 e. The summed E-state index contributed by atoms with van der Waals surface area (Å²) in [6.07, 6.45) is -11.1. The first kappa shape index (κ1) is 41.8. The van der Waals surface area contributed by atoms with Gasteiger partial charge in [0.05, 0.1) is 26.1 Å². The highest BCUT2D eigenvalue weighted by atomic mass is 31.3. The minimum absolute atomic E-state index is 0.0134. The van der Waals surface area contributed by atoms with E-state index in [1.807, 2.05) is 0 Å². The van der Waals surface area contributed by atoms with Crippen LogP contribution in [0.5, 0.6) is 0 Å². The number of aromatic amines is 2. The van der Waals surface area contributed by atoms with Crippen molar-refractivity contribution in [3.05, 3.63) is 69.3 Å². The number of imidazole rings is 2. The number of nitrogens with zero attached hydrogens (tertiary/aromatic N) is 6. The number of H-pyrrole nitrogens is 2. The third-order valence-corrected chi connectivity index (χ3v) is 13.0. The van der Waals surface area contributed by atoms with Crippen molar-refractivity contribution in [2.75, 3.05) is 24.7 Å². The molecule has 13 N–H and O–H groups in total. The van der Waals surface area contributed by atoms with Crippen LogP contribution < -0.4 is 27.2 Å². The summed E-state index contributed by atoms with van der Waals surface area (Å²) >= 11 is 0. The molecule has 3 unspecified atom stereocenters. The van der Waals surface area contributed by atoms with Gasteiger partial charge in [0.15, 0.2) is 23.7 Å². The van der Waals surface area contributed by atoms with E-state index in [1.54, 1.807) is 30.3 Å². The van der Waals surface area contributed by atoms with Crippen LogP contribution in [0.1, 0.15) is 18.0 Å². The van der Waals surface area contributed by atoms with E-state index in [4.69, 9.17) is 20.9 Å². The summed E-state index contributed by atoms with van der Waals surface area (Å²) in [5.41, 5.74) is 10.3. The fourth-order valence-electron chi connectivity index (χ4n) is 6.24. The summed E-state index contributed by atoms with van der Waals surface area (Å²) in [6, 6.07) is 8.91. The van der Waals surface area contributed by atoms with Crippen LogP contribution in [0.15, 0.2) is 52.6 Å². The monoisotopic (exact) mass is 879 g/mol. The number of anilines is 2. The van der Waals surface area contributed by atoms with E-state index >= 15 is 0 Å². The van der Waals surface area contributed by atoms with E-state index in [2.05, 4.69) is 42.6 Å². The first-order valence-corrected chi connectivity index (χ1v) is 21.0. The zero-order chi connectivity index (χ0) is 41.9. The lowest BCUT2D eigenvalue weighted by molar-refractivity contribution is -0.745. The van der Waals surface area contributed by atoms with E-state index in [1.165, 1.54) is 15.5 Å². The largest absolute Gasteiger partial charge is 0.490 e. The highest BCUT2D eigenvalue weighted by molar-refractivity contribution is 7.66. The number of aliphatic hydroxyl groups excluding tert-OH is 4. The lowest BCUT2D eigenvalue weighted by Crippen LogP contribution is -2.46. The molecule has 4 aromatic heterocycles. The zero-order valence-electron chi connectivity index (χ0n) is 29.1. The minimum Gasteiger partial charge on any atom is -0.387 e. The van der Waals surface area contributed by atoms with E-state index < -0.39 is 96.9 Å². The number of hydrogen-bond donors (Lipinski definition) is 11. The van der Waals surface area contributed by atoms with Gasteiger partial charge in [0.25, 0.3) is 17.1 Å². The van der Waals surface area contributed by atoms with Crippen molar-refractivity contribution in [1.82, 2.24) is 34.1 Å². The molecule has 7 rings (SSSR count). The van der Waals surface area contributed by atoms with E-state index in [9.17, 15) is 58.4 Å². The van der Waals surface area contributed by atoms with Crippen LogP contribution in [0.2, 0.25) is 0 Å². The molecule has 0 aliphatic carbocycles. The smallest absolute Gasteiger partial charge is 0.387 e. The Morgan fingerprint density at radius 1 is 0.793 bits per heavy atom. The summed E-state index contributed by atoms with van der Waals surface area (Å²) in [4.78, 5) is 71.8. The number of nitrogens with two attached hydrogens (primary N) is 2. The van der Waals surface area contributed by atoms with Gasteiger partial charge in [0.1, 0.15) is 36.6 Å². The Balaban J connectivity index is 0.966. The maximum absolute atomic E-state index is 12.9. The molecule has 58 heavy (non-hydrogen) atoms. The summed E-state index contributed by atoms with van der Waals surface area (Å²) in [7, 11) is -17.5. The quantitative estimate of drug-likeness (QED) is 0.0390. The van der Waals surface area contributed by atoms with Gasteiger partial charge in [-0.05, 0) is 5.56 Å². The number of benzene rings is 1. The van der Waals surface area contributed by atoms with Crippen molar-refractivity contribution in [2.24, 2.45) is 0 Å². The van der Waals surface area contributed by atoms with E-state index in [-0.39, 0.29) is 40.8 Å². The molecular formula is C27H34N10O18P3+. The van der Waals surface area contributed by atoms with Crippen LogP contribution in [-0.2, 0) is 47.4 Å². The number of nitrogens with one attached hydrogen (secondary N) is 2. The first-order valence-electron chi connectivity index (χ1n) is 16.5. The molecule has 5 aromatic rings. The molecule has 6 heterocycles. The van der Waals surface area contributed by atoms with Crippen molar-refractivity contribution in [3.8, 4) is 0 Å². The summed E-state index contributed by atoms with van der Waals surface area (Å²) in [5, 5.41) is 42.7.